The summed E-state index contributed by atoms with van der Waals surface area (Å²) in [7, 11) is 1.66. The second kappa shape index (κ2) is 7.98. The molecule has 4 atom stereocenters. The van der Waals surface area contributed by atoms with Gasteiger partial charge in [-0.2, -0.15) is 0 Å². The number of fused-ring (bicyclic) bond motifs is 1. The zero-order chi connectivity index (χ0) is 17.8. The standard InChI is InChI=1S/C21H28N2O2/c1-4-15-13-22-9-7-16(15)11-14(2)21(24)18-8-10-23-20-6-5-17(25-3)12-19(18)20/h4-6,8,10,12,14-16,21-22,24H,1,7,9,11,13H2,2-3H3. The highest BCUT2D eigenvalue weighted by atomic mass is 16.5. The minimum Gasteiger partial charge on any atom is -0.497 e. The number of hydrogen-bond donors (Lipinski definition) is 2. The van der Waals surface area contributed by atoms with Crippen LogP contribution in [-0.4, -0.2) is 30.3 Å². The van der Waals surface area contributed by atoms with Gasteiger partial charge in [-0.1, -0.05) is 13.0 Å². The Hall–Kier alpha value is -1.91. The van der Waals surface area contributed by atoms with Crippen molar-refractivity contribution in [3.05, 3.63) is 48.7 Å². The molecule has 3 rings (SSSR count). The summed E-state index contributed by atoms with van der Waals surface area (Å²) in [5.74, 6) is 2.01. The van der Waals surface area contributed by atoms with Crippen molar-refractivity contribution in [3.63, 3.8) is 0 Å². The van der Waals surface area contributed by atoms with E-state index < -0.39 is 6.10 Å². The summed E-state index contributed by atoms with van der Waals surface area (Å²) in [6.45, 7) is 8.16. The lowest BCUT2D eigenvalue weighted by molar-refractivity contribution is 0.0928. The maximum absolute atomic E-state index is 11.0. The molecule has 0 aliphatic carbocycles. The molecule has 0 radical (unpaired) electrons. The fourth-order valence-corrected chi connectivity index (χ4v) is 3.95. The van der Waals surface area contributed by atoms with E-state index in [0.29, 0.717) is 11.8 Å². The molecule has 1 aromatic heterocycles. The van der Waals surface area contributed by atoms with Gasteiger partial charge in [-0.15, -0.1) is 6.58 Å². The van der Waals surface area contributed by atoms with Crippen molar-refractivity contribution >= 4 is 10.9 Å². The Labute approximate surface area is 149 Å². The number of piperidine rings is 1. The van der Waals surface area contributed by atoms with E-state index in [1.165, 1.54) is 0 Å². The van der Waals surface area contributed by atoms with Crippen molar-refractivity contribution in [2.24, 2.45) is 17.8 Å². The highest BCUT2D eigenvalue weighted by Gasteiger charge is 2.28. The largest absolute Gasteiger partial charge is 0.497 e. The number of hydrogen-bond acceptors (Lipinski definition) is 4. The number of aromatic nitrogens is 1. The lowest BCUT2D eigenvalue weighted by Crippen LogP contribution is -2.36. The molecule has 4 nitrogen and oxygen atoms in total. The van der Waals surface area contributed by atoms with Crippen molar-refractivity contribution in [2.45, 2.75) is 25.9 Å². The van der Waals surface area contributed by atoms with E-state index in [0.717, 1.165) is 48.1 Å². The van der Waals surface area contributed by atoms with Crippen LogP contribution in [0.15, 0.2) is 43.1 Å². The van der Waals surface area contributed by atoms with Crippen molar-refractivity contribution in [1.29, 1.82) is 0 Å². The molecule has 4 heteroatoms. The second-order valence-corrected chi connectivity index (χ2v) is 7.09. The number of pyridine rings is 1. The average molecular weight is 340 g/mol. The molecule has 1 aromatic carbocycles. The van der Waals surface area contributed by atoms with Gasteiger partial charge in [0.15, 0.2) is 0 Å². The maximum atomic E-state index is 11.0. The third kappa shape index (κ3) is 3.86. The zero-order valence-electron chi connectivity index (χ0n) is 15.1. The van der Waals surface area contributed by atoms with Crippen LogP contribution in [0.2, 0.25) is 0 Å². The van der Waals surface area contributed by atoms with Crippen LogP contribution in [0.25, 0.3) is 10.9 Å². The van der Waals surface area contributed by atoms with Crippen LogP contribution >= 0.6 is 0 Å². The number of nitrogens with one attached hydrogen (secondary N) is 1. The van der Waals surface area contributed by atoms with Crippen LogP contribution in [0.3, 0.4) is 0 Å². The van der Waals surface area contributed by atoms with E-state index in [-0.39, 0.29) is 5.92 Å². The zero-order valence-corrected chi connectivity index (χ0v) is 15.1. The summed E-state index contributed by atoms with van der Waals surface area (Å²) in [5.41, 5.74) is 1.82. The number of ether oxygens (including phenoxy) is 1. The third-order valence-electron chi connectivity index (χ3n) is 5.49. The molecule has 2 heterocycles. The van der Waals surface area contributed by atoms with Crippen LogP contribution in [0.1, 0.15) is 31.4 Å². The van der Waals surface area contributed by atoms with E-state index in [1.807, 2.05) is 24.3 Å². The number of nitrogens with zero attached hydrogens (tertiary/aromatic N) is 1. The lowest BCUT2D eigenvalue weighted by atomic mass is 9.78. The van der Waals surface area contributed by atoms with Crippen LogP contribution in [0, 0.1) is 17.8 Å². The monoisotopic (exact) mass is 340 g/mol. The molecule has 1 aliphatic heterocycles. The van der Waals surface area contributed by atoms with Crippen molar-refractivity contribution in [1.82, 2.24) is 10.3 Å². The van der Waals surface area contributed by atoms with E-state index in [9.17, 15) is 5.11 Å². The summed E-state index contributed by atoms with van der Waals surface area (Å²) < 4.78 is 5.34. The van der Waals surface area contributed by atoms with E-state index in [4.69, 9.17) is 4.74 Å². The fraction of sp³-hybridized carbons (Fsp3) is 0.476. The van der Waals surface area contributed by atoms with Crippen molar-refractivity contribution in [3.8, 4) is 5.75 Å². The molecule has 4 unspecified atom stereocenters. The number of aliphatic hydroxyl groups excluding tert-OH is 1. The van der Waals surface area contributed by atoms with Gasteiger partial charge in [-0.05, 0) is 67.0 Å². The average Bonchev–Trinajstić information content (AvgIpc) is 2.66. The van der Waals surface area contributed by atoms with Gasteiger partial charge in [0, 0.05) is 18.1 Å². The summed E-state index contributed by atoms with van der Waals surface area (Å²) >= 11 is 0. The first-order valence-electron chi connectivity index (χ1n) is 9.08. The Kier molecular flexibility index (Phi) is 5.71. The molecule has 25 heavy (non-hydrogen) atoms. The molecule has 1 fully saturated rings. The lowest BCUT2D eigenvalue weighted by Gasteiger charge is -2.33. The first-order chi connectivity index (χ1) is 12.1. The molecule has 0 amide bonds. The second-order valence-electron chi connectivity index (χ2n) is 7.09. The van der Waals surface area contributed by atoms with Gasteiger partial charge < -0.3 is 15.2 Å². The molecule has 2 N–H and O–H groups in total. The van der Waals surface area contributed by atoms with Gasteiger partial charge in [0.1, 0.15) is 5.75 Å². The number of methoxy groups -OCH3 is 1. The normalized spacial score (nSPS) is 23.2. The Morgan fingerprint density at radius 3 is 3.04 bits per heavy atom. The molecule has 0 bridgehead atoms. The van der Waals surface area contributed by atoms with Crippen LogP contribution in [0.5, 0.6) is 5.75 Å². The predicted molar refractivity (Wildman–Crippen MR) is 102 cm³/mol. The van der Waals surface area contributed by atoms with E-state index in [2.05, 4.69) is 29.9 Å². The summed E-state index contributed by atoms with van der Waals surface area (Å²) in [5, 5.41) is 15.4. The van der Waals surface area contributed by atoms with Gasteiger partial charge in [0.25, 0.3) is 0 Å². The molecular formula is C21H28N2O2. The Bertz CT molecular complexity index is 731. The van der Waals surface area contributed by atoms with Crippen LogP contribution in [0.4, 0.5) is 0 Å². The van der Waals surface area contributed by atoms with Crippen molar-refractivity contribution < 1.29 is 9.84 Å². The molecular weight excluding hydrogens is 312 g/mol. The van der Waals surface area contributed by atoms with Gasteiger partial charge >= 0.3 is 0 Å². The molecule has 1 aliphatic rings. The third-order valence-corrected chi connectivity index (χ3v) is 5.49. The Morgan fingerprint density at radius 2 is 2.28 bits per heavy atom. The Balaban J connectivity index is 1.83. The number of rotatable bonds is 6. The number of benzene rings is 1. The SMILES string of the molecule is C=CC1CNCCC1CC(C)C(O)c1ccnc2ccc(OC)cc12. The highest BCUT2D eigenvalue weighted by Crippen LogP contribution is 2.35. The maximum Gasteiger partial charge on any atom is 0.119 e. The summed E-state index contributed by atoms with van der Waals surface area (Å²) in [4.78, 5) is 4.41. The Morgan fingerprint density at radius 1 is 1.44 bits per heavy atom. The topological polar surface area (TPSA) is 54.4 Å². The molecule has 0 saturated carbocycles. The van der Waals surface area contributed by atoms with E-state index in [1.54, 1.807) is 13.3 Å². The van der Waals surface area contributed by atoms with Crippen molar-refractivity contribution in [2.75, 3.05) is 20.2 Å². The van der Waals surface area contributed by atoms with Gasteiger partial charge in [0.2, 0.25) is 0 Å². The first-order valence-corrected chi connectivity index (χ1v) is 9.08. The van der Waals surface area contributed by atoms with Crippen LogP contribution in [-0.2, 0) is 0 Å². The van der Waals surface area contributed by atoms with Gasteiger partial charge in [-0.25, -0.2) is 0 Å². The van der Waals surface area contributed by atoms with Gasteiger partial charge in [-0.3, -0.25) is 4.98 Å². The predicted octanol–water partition coefficient (Wildman–Crippen LogP) is 3.71. The quantitative estimate of drug-likeness (QED) is 0.787. The summed E-state index contributed by atoms with van der Waals surface area (Å²) in [6.07, 6.45) is 5.45. The minimum absolute atomic E-state index is 0.169. The fourth-order valence-electron chi connectivity index (χ4n) is 3.95. The highest BCUT2D eigenvalue weighted by molar-refractivity contribution is 5.83. The van der Waals surface area contributed by atoms with E-state index >= 15 is 0 Å². The molecule has 2 aromatic rings. The molecule has 134 valence electrons. The minimum atomic E-state index is -0.516. The molecule has 0 spiro atoms. The van der Waals surface area contributed by atoms with Gasteiger partial charge in [0.05, 0.1) is 18.7 Å². The number of aliphatic hydroxyl groups is 1. The summed E-state index contributed by atoms with van der Waals surface area (Å²) in [6, 6.07) is 7.73. The van der Waals surface area contributed by atoms with Crippen LogP contribution < -0.4 is 10.1 Å². The smallest absolute Gasteiger partial charge is 0.119 e. The first kappa shape index (κ1) is 17.9. The molecule has 1 saturated heterocycles.